The molecule has 0 saturated carbocycles. The number of aliphatic imine (C=N–C) groups is 1. The van der Waals surface area contributed by atoms with Crippen molar-refractivity contribution in [3.05, 3.63) is 47.6 Å². The molecule has 0 bridgehead atoms. The number of alkyl halides is 1. The maximum atomic E-state index is 5.91. The Bertz CT molecular complexity index is 537. The van der Waals surface area contributed by atoms with Crippen molar-refractivity contribution in [1.29, 1.82) is 0 Å². The summed E-state index contributed by atoms with van der Waals surface area (Å²) in [4.78, 5) is 4.68. The zero-order chi connectivity index (χ0) is 11.1. The van der Waals surface area contributed by atoms with Crippen LogP contribution in [0.25, 0.3) is 5.57 Å². The Morgan fingerprint density at radius 3 is 2.94 bits per heavy atom. The van der Waals surface area contributed by atoms with Crippen LogP contribution in [0.5, 0.6) is 0 Å². The Morgan fingerprint density at radius 2 is 2.12 bits per heavy atom. The van der Waals surface area contributed by atoms with Crippen LogP contribution in [0.2, 0.25) is 0 Å². The first kappa shape index (κ1) is 9.86. The third-order valence-electron chi connectivity index (χ3n) is 3.09. The Labute approximate surface area is 100 Å². The Kier molecular flexibility index (Phi) is 2.22. The zero-order valence-electron chi connectivity index (χ0n) is 9.07. The first-order valence-corrected chi connectivity index (χ1v) is 6.00. The highest BCUT2D eigenvalue weighted by Gasteiger charge is 2.26. The molecule has 1 aliphatic heterocycles. The van der Waals surface area contributed by atoms with Gasteiger partial charge in [-0.05, 0) is 17.7 Å². The lowest BCUT2D eigenvalue weighted by Gasteiger charge is -2.16. The molecule has 1 aliphatic carbocycles. The van der Waals surface area contributed by atoms with Crippen molar-refractivity contribution in [2.45, 2.75) is 6.92 Å². The highest BCUT2D eigenvalue weighted by molar-refractivity contribution is 6.31. The third-order valence-corrected chi connectivity index (χ3v) is 3.40. The van der Waals surface area contributed by atoms with Gasteiger partial charge in [-0.25, -0.2) is 0 Å². The minimum Gasteiger partial charge on any atom is -0.252 e. The molecule has 0 fully saturated rings. The van der Waals surface area contributed by atoms with Crippen molar-refractivity contribution in [2.24, 2.45) is 10.9 Å². The first-order valence-electron chi connectivity index (χ1n) is 5.46. The molecule has 2 aliphatic rings. The largest absolute Gasteiger partial charge is 0.252 e. The second kappa shape index (κ2) is 3.60. The van der Waals surface area contributed by atoms with Crippen molar-refractivity contribution >= 4 is 28.6 Å². The maximum Gasteiger partial charge on any atom is 0.0712 e. The fraction of sp³-hybridized carbons (Fsp3) is 0.214. The Hall–Kier alpha value is -1.34. The number of rotatable bonds is 1. The van der Waals surface area contributed by atoms with Crippen molar-refractivity contribution in [3.63, 3.8) is 0 Å². The van der Waals surface area contributed by atoms with Gasteiger partial charge in [0.1, 0.15) is 0 Å². The predicted octanol–water partition coefficient (Wildman–Crippen LogP) is 3.97. The average molecular weight is 230 g/mol. The van der Waals surface area contributed by atoms with Crippen molar-refractivity contribution in [2.75, 3.05) is 5.88 Å². The fourth-order valence-electron chi connectivity index (χ4n) is 2.34. The SMILES string of the molecule is CC1C=C(CCl)C=C2C1=Nc1ccccc12. The van der Waals surface area contributed by atoms with Crippen LogP contribution < -0.4 is 0 Å². The van der Waals surface area contributed by atoms with Gasteiger partial charge in [0.05, 0.1) is 11.4 Å². The number of hydrogen-bond acceptors (Lipinski definition) is 1. The molecule has 0 aromatic heterocycles. The number of nitrogens with zero attached hydrogens (tertiary/aromatic N) is 1. The summed E-state index contributed by atoms with van der Waals surface area (Å²) in [5.41, 5.74) is 5.94. The van der Waals surface area contributed by atoms with Gasteiger partial charge >= 0.3 is 0 Å². The van der Waals surface area contributed by atoms with Gasteiger partial charge in [-0.1, -0.05) is 31.2 Å². The number of allylic oxidation sites excluding steroid dienone is 4. The normalized spacial score (nSPS) is 21.9. The van der Waals surface area contributed by atoms with Crippen molar-refractivity contribution in [1.82, 2.24) is 0 Å². The molecule has 1 aromatic rings. The molecule has 0 amide bonds. The number of hydrogen-bond donors (Lipinski definition) is 0. The minimum atomic E-state index is 0.362. The van der Waals surface area contributed by atoms with Crippen LogP contribution in [0.1, 0.15) is 12.5 Å². The van der Waals surface area contributed by atoms with Crippen LogP contribution in [-0.4, -0.2) is 11.6 Å². The second-order valence-corrected chi connectivity index (χ2v) is 4.50. The number of halogens is 1. The van der Waals surface area contributed by atoms with Gasteiger partial charge in [-0.2, -0.15) is 0 Å². The van der Waals surface area contributed by atoms with E-state index in [0.29, 0.717) is 11.8 Å². The molecule has 2 heteroatoms. The zero-order valence-corrected chi connectivity index (χ0v) is 9.83. The van der Waals surface area contributed by atoms with E-state index >= 15 is 0 Å². The van der Waals surface area contributed by atoms with E-state index in [1.165, 1.54) is 22.4 Å². The lowest BCUT2D eigenvalue weighted by molar-refractivity contribution is 0.990. The first-order chi connectivity index (χ1) is 7.79. The van der Waals surface area contributed by atoms with Gasteiger partial charge in [0.2, 0.25) is 0 Å². The molecule has 0 spiro atoms. The van der Waals surface area contributed by atoms with Crippen molar-refractivity contribution in [3.8, 4) is 0 Å². The highest BCUT2D eigenvalue weighted by atomic mass is 35.5. The van der Waals surface area contributed by atoms with Gasteiger partial charge in [0.25, 0.3) is 0 Å². The average Bonchev–Trinajstić information content (AvgIpc) is 2.68. The summed E-state index contributed by atoms with van der Waals surface area (Å²) in [7, 11) is 0. The summed E-state index contributed by atoms with van der Waals surface area (Å²) in [5, 5.41) is 0. The molecule has 1 unspecified atom stereocenters. The molecule has 1 aromatic carbocycles. The van der Waals surface area contributed by atoms with E-state index in [0.717, 1.165) is 5.69 Å². The molecule has 16 heavy (non-hydrogen) atoms. The summed E-state index contributed by atoms with van der Waals surface area (Å²) in [5.74, 6) is 0.935. The lowest BCUT2D eigenvalue weighted by atomic mass is 9.88. The fourth-order valence-corrected chi connectivity index (χ4v) is 2.51. The molecule has 1 heterocycles. The summed E-state index contributed by atoms with van der Waals surface area (Å²) in [6, 6.07) is 8.28. The van der Waals surface area contributed by atoms with E-state index in [9.17, 15) is 0 Å². The number of fused-ring (bicyclic) bond motifs is 3. The van der Waals surface area contributed by atoms with Gasteiger partial charge in [-0.15, -0.1) is 11.6 Å². The quantitative estimate of drug-likeness (QED) is 0.647. The molecule has 0 saturated heterocycles. The van der Waals surface area contributed by atoms with Crippen molar-refractivity contribution < 1.29 is 0 Å². The van der Waals surface area contributed by atoms with Gasteiger partial charge in [0, 0.05) is 22.9 Å². The van der Waals surface area contributed by atoms with Crippen LogP contribution in [0.3, 0.4) is 0 Å². The predicted molar refractivity (Wildman–Crippen MR) is 69.5 cm³/mol. The summed E-state index contributed by atoms with van der Waals surface area (Å²) in [6.07, 6.45) is 4.36. The van der Waals surface area contributed by atoms with E-state index in [-0.39, 0.29) is 0 Å². The van der Waals surface area contributed by atoms with E-state index in [2.05, 4.69) is 42.3 Å². The number of benzene rings is 1. The summed E-state index contributed by atoms with van der Waals surface area (Å²) >= 11 is 5.91. The van der Waals surface area contributed by atoms with E-state index in [1.807, 2.05) is 6.07 Å². The second-order valence-electron chi connectivity index (χ2n) is 4.24. The van der Waals surface area contributed by atoms with E-state index in [1.54, 1.807) is 0 Å². The topological polar surface area (TPSA) is 12.4 Å². The summed E-state index contributed by atoms with van der Waals surface area (Å²) < 4.78 is 0. The van der Waals surface area contributed by atoms with Crippen LogP contribution >= 0.6 is 11.6 Å². The monoisotopic (exact) mass is 229 g/mol. The third kappa shape index (κ3) is 1.35. The van der Waals surface area contributed by atoms with Crippen LogP contribution in [0.15, 0.2) is 47.0 Å². The maximum absolute atomic E-state index is 5.91. The molecular formula is C14H12ClN. The van der Waals surface area contributed by atoms with Crippen LogP contribution in [-0.2, 0) is 0 Å². The summed E-state index contributed by atoms with van der Waals surface area (Å²) in [6.45, 7) is 2.17. The van der Waals surface area contributed by atoms with E-state index < -0.39 is 0 Å². The van der Waals surface area contributed by atoms with Gasteiger partial charge < -0.3 is 0 Å². The molecule has 1 atom stereocenters. The van der Waals surface area contributed by atoms with Gasteiger partial charge in [-0.3, -0.25) is 4.99 Å². The van der Waals surface area contributed by atoms with Crippen LogP contribution in [0.4, 0.5) is 5.69 Å². The lowest BCUT2D eigenvalue weighted by Crippen LogP contribution is -2.12. The van der Waals surface area contributed by atoms with Crippen LogP contribution in [0, 0.1) is 5.92 Å². The molecule has 0 N–H and O–H groups in total. The molecule has 1 nitrogen and oxygen atoms in total. The minimum absolute atomic E-state index is 0.362. The van der Waals surface area contributed by atoms with E-state index in [4.69, 9.17) is 11.6 Å². The van der Waals surface area contributed by atoms with Gasteiger partial charge in [0.15, 0.2) is 0 Å². The smallest absolute Gasteiger partial charge is 0.0712 e. The molecule has 3 rings (SSSR count). The Balaban J connectivity index is 2.17. The number of para-hydroxylation sites is 1. The molecule has 0 radical (unpaired) electrons. The molecule has 80 valence electrons. The Morgan fingerprint density at radius 1 is 1.31 bits per heavy atom. The highest BCUT2D eigenvalue weighted by Crippen LogP contribution is 2.40. The standard InChI is InChI=1S/C14H12ClN/c1-9-6-10(8-15)7-12-11-4-2-3-5-13(11)16-14(9)12/h2-7,9H,8H2,1H3. The molecular weight excluding hydrogens is 218 g/mol.